The molecule has 0 fully saturated rings. The van der Waals surface area contributed by atoms with E-state index in [4.69, 9.17) is 4.74 Å². The van der Waals surface area contributed by atoms with Crippen molar-refractivity contribution in [2.45, 2.75) is 6.61 Å². The smallest absolute Gasteiger partial charge is 0.358 e. The van der Waals surface area contributed by atoms with Gasteiger partial charge in [-0.3, -0.25) is 0 Å². The van der Waals surface area contributed by atoms with E-state index in [-0.39, 0.29) is 18.1 Å². The highest BCUT2D eigenvalue weighted by Crippen LogP contribution is 2.25. The van der Waals surface area contributed by atoms with Crippen molar-refractivity contribution in [1.29, 1.82) is 0 Å². The van der Waals surface area contributed by atoms with E-state index in [1.165, 1.54) is 34.8 Å². The normalized spacial score (nSPS) is 10.9. The summed E-state index contributed by atoms with van der Waals surface area (Å²) in [4.78, 5) is 20.9. The number of hydrogen-bond acceptors (Lipinski definition) is 6. The van der Waals surface area contributed by atoms with E-state index >= 15 is 0 Å². The molecule has 7 heteroatoms. The van der Waals surface area contributed by atoms with Crippen LogP contribution in [-0.4, -0.2) is 15.9 Å². The minimum absolute atomic E-state index is 0.113. The Labute approximate surface area is 150 Å². The summed E-state index contributed by atoms with van der Waals surface area (Å²) in [5.74, 6) is -0.806. The third-order valence-electron chi connectivity index (χ3n) is 3.47. The first-order valence-corrected chi connectivity index (χ1v) is 9.12. The van der Waals surface area contributed by atoms with Crippen LogP contribution in [0.5, 0.6) is 0 Å². The summed E-state index contributed by atoms with van der Waals surface area (Å²) in [7, 11) is 0. The predicted molar refractivity (Wildman–Crippen MR) is 96.2 cm³/mol. The number of rotatable bonds is 4. The molecule has 4 nitrogen and oxygen atoms in total. The Morgan fingerprint density at radius 2 is 1.88 bits per heavy atom. The first-order chi connectivity index (χ1) is 12.2. The molecular formula is C18H11FN2O2S2. The van der Waals surface area contributed by atoms with Gasteiger partial charge in [0.1, 0.15) is 22.4 Å². The molecule has 0 atom stereocenters. The summed E-state index contributed by atoms with van der Waals surface area (Å²) < 4.78 is 19.3. The van der Waals surface area contributed by atoms with Gasteiger partial charge in [0.25, 0.3) is 0 Å². The van der Waals surface area contributed by atoms with Gasteiger partial charge in [0.05, 0.1) is 10.2 Å². The fourth-order valence-corrected chi connectivity index (χ4v) is 3.95. The lowest BCUT2D eigenvalue weighted by Crippen LogP contribution is -2.05. The lowest BCUT2D eigenvalue weighted by molar-refractivity contribution is 0.0466. The molecule has 0 radical (unpaired) electrons. The first-order valence-electron chi connectivity index (χ1n) is 7.42. The molecule has 124 valence electrons. The number of carbonyl (C=O) groups is 1. The number of thiazole rings is 2. The van der Waals surface area contributed by atoms with E-state index in [0.29, 0.717) is 5.01 Å². The predicted octanol–water partition coefficient (Wildman–Crippen LogP) is 4.92. The highest BCUT2D eigenvalue weighted by Gasteiger charge is 2.14. The van der Waals surface area contributed by atoms with Crippen molar-refractivity contribution in [1.82, 2.24) is 9.97 Å². The second-order valence-electron chi connectivity index (χ2n) is 5.20. The standard InChI is InChI=1S/C18H11FN2O2S2/c19-12-7-5-11(6-8-12)17-21-14(10-24-17)18(22)23-9-16-20-13-3-1-2-4-15(13)25-16/h1-8,10H,9H2. The fourth-order valence-electron chi connectivity index (χ4n) is 2.28. The summed E-state index contributed by atoms with van der Waals surface area (Å²) >= 11 is 2.81. The zero-order valence-electron chi connectivity index (χ0n) is 12.8. The number of aromatic nitrogens is 2. The Kier molecular flexibility index (Phi) is 4.25. The lowest BCUT2D eigenvalue weighted by atomic mass is 10.2. The third kappa shape index (κ3) is 3.42. The van der Waals surface area contributed by atoms with E-state index in [1.807, 2.05) is 24.3 Å². The highest BCUT2D eigenvalue weighted by molar-refractivity contribution is 7.18. The van der Waals surface area contributed by atoms with Gasteiger partial charge >= 0.3 is 5.97 Å². The Morgan fingerprint density at radius 3 is 2.68 bits per heavy atom. The molecule has 0 unspecified atom stereocenters. The number of halogens is 1. The number of ether oxygens (including phenoxy) is 1. The number of nitrogens with zero attached hydrogens (tertiary/aromatic N) is 2. The average Bonchev–Trinajstić information content (AvgIpc) is 3.27. The Hall–Kier alpha value is -2.64. The molecule has 0 aliphatic heterocycles. The maximum Gasteiger partial charge on any atom is 0.358 e. The van der Waals surface area contributed by atoms with Gasteiger partial charge in [0.2, 0.25) is 0 Å². The van der Waals surface area contributed by atoms with Crippen LogP contribution in [-0.2, 0) is 11.3 Å². The molecule has 0 bridgehead atoms. The second kappa shape index (κ2) is 6.70. The molecule has 2 heterocycles. The van der Waals surface area contributed by atoms with Crippen LogP contribution in [0, 0.1) is 5.82 Å². The lowest BCUT2D eigenvalue weighted by Gasteiger charge is -1.99. The topological polar surface area (TPSA) is 52.1 Å². The van der Waals surface area contributed by atoms with E-state index in [0.717, 1.165) is 20.8 Å². The molecule has 4 rings (SSSR count). The number of hydrogen-bond donors (Lipinski definition) is 0. The van der Waals surface area contributed by atoms with Crippen molar-refractivity contribution in [2.75, 3.05) is 0 Å². The molecule has 0 saturated carbocycles. The molecule has 0 saturated heterocycles. The van der Waals surface area contributed by atoms with Crippen molar-refractivity contribution in [3.63, 3.8) is 0 Å². The Balaban J connectivity index is 1.45. The van der Waals surface area contributed by atoms with Crippen LogP contribution in [0.3, 0.4) is 0 Å². The van der Waals surface area contributed by atoms with E-state index in [9.17, 15) is 9.18 Å². The molecule has 4 aromatic rings. The van der Waals surface area contributed by atoms with Crippen LogP contribution in [0.4, 0.5) is 4.39 Å². The summed E-state index contributed by atoms with van der Waals surface area (Å²) in [6.45, 7) is 0.113. The van der Waals surface area contributed by atoms with Gasteiger partial charge in [0.15, 0.2) is 5.69 Å². The average molecular weight is 370 g/mol. The van der Waals surface area contributed by atoms with Gasteiger partial charge in [-0.25, -0.2) is 19.2 Å². The summed E-state index contributed by atoms with van der Waals surface area (Å²) in [5, 5.41) is 3.02. The van der Waals surface area contributed by atoms with Crippen LogP contribution in [0.15, 0.2) is 53.9 Å². The van der Waals surface area contributed by atoms with Crippen molar-refractivity contribution in [2.24, 2.45) is 0 Å². The quantitative estimate of drug-likeness (QED) is 0.479. The van der Waals surface area contributed by atoms with Gasteiger partial charge < -0.3 is 4.74 Å². The van der Waals surface area contributed by atoms with Gasteiger partial charge in [0, 0.05) is 10.9 Å². The van der Waals surface area contributed by atoms with E-state index in [2.05, 4.69) is 9.97 Å². The monoisotopic (exact) mass is 370 g/mol. The molecule has 0 amide bonds. The van der Waals surface area contributed by atoms with Gasteiger partial charge in [-0.05, 0) is 36.4 Å². The molecule has 2 aromatic heterocycles. The zero-order valence-corrected chi connectivity index (χ0v) is 14.4. The van der Waals surface area contributed by atoms with Crippen LogP contribution in [0.2, 0.25) is 0 Å². The minimum atomic E-state index is -0.496. The molecular weight excluding hydrogens is 359 g/mol. The van der Waals surface area contributed by atoms with Crippen LogP contribution >= 0.6 is 22.7 Å². The summed E-state index contributed by atoms with van der Waals surface area (Å²) in [6.07, 6.45) is 0. The number of benzene rings is 2. The molecule has 0 aliphatic carbocycles. The molecule has 0 N–H and O–H groups in total. The summed E-state index contributed by atoms with van der Waals surface area (Å²) in [5.41, 5.74) is 1.90. The van der Waals surface area contributed by atoms with Crippen LogP contribution < -0.4 is 0 Å². The molecule has 0 aliphatic rings. The maximum atomic E-state index is 13.0. The van der Waals surface area contributed by atoms with Gasteiger partial charge in [-0.2, -0.15) is 0 Å². The van der Waals surface area contributed by atoms with Gasteiger partial charge in [-0.1, -0.05) is 12.1 Å². The Morgan fingerprint density at radius 1 is 1.08 bits per heavy atom. The minimum Gasteiger partial charge on any atom is -0.454 e. The van der Waals surface area contributed by atoms with E-state index in [1.54, 1.807) is 17.5 Å². The number of para-hydroxylation sites is 1. The van der Waals surface area contributed by atoms with E-state index < -0.39 is 5.97 Å². The Bertz CT molecular complexity index is 1010. The number of esters is 1. The van der Waals surface area contributed by atoms with Crippen LogP contribution in [0.25, 0.3) is 20.8 Å². The number of carbonyl (C=O) groups excluding carboxylic acids is 1. The van der Waals surface area contributed by atoms with Crippen molar-refractivity contribution >= 4 is 38.9 Å². The summed E-state index contributed by atoms with van der Waals surface area (Å²) in [6, 6.07) is 13.8. The van der Waals surface area contributed by atoms with Crippen molar-refractivity contribution in [3.8, 4) is 10.6 Å². The maximum absolute atomic E-state index is 13.0. The van der Waals surface area contributed by atoms with Crippen molar-refractivity contribution < 1.29 is 13.9 Å². The highest BCUT2D eigenvalue weighted by atomic mass is 32.1. The fraction of sp³-hybridized carbons (Fsp3) is 0.0556. The molecule has 0 spiro atoms. The SMILES string of the molecule is O=C(OCc1nc2ccccc2s1)c1csc(-c2ccc(F)cc2)n1. The number of fused-ring (bicyclic) bond motifs is 1. The van der Waals surface area contributed by atoms with Crippen LogP contribution in [0.1, 0.15) is 15.5 Å². The molecule has 25 heavy (non-hydrogen) atoms. The largest absolute Gasteiger partial charge is 0.454 e. The second-order valence-corrected chi connectivity index (χ2v) is 7.17. The van der Waals surface area contributed by atoms with Crippen molar-refractivity contribution in [3.05, 3.63) is 70.4 Å². The first kappa shape index (κ1) is 15.9. The third-order valence-corrected chi connectivity index (χ3v) is 5.37. The molecule has 2 aromatic carbocycles. The van der Waals surface area contributed by atoms with Gasteiger partial charge in [-0.15, -0.1) is 22.7 Å². The zero-order chi connectivity index (χ0) is 17.2.